The summed E-state index contributed by atoms with van der Waals surface area (Å²) >= 11 is 0. The van der Waals surface area contributed by atoms with Gasteiger partial charge in [-0.15, -0.1) is 0 Å². The molecule has 0 bridgehead atoms. The first-order valence-electron chi connectivity index (χ1n) is 4.75. The van der Waals surface area contributed by atoms with E-state index in [1.54, 1.807) is 0 Å². The van der Waals surface area contributed by atoms with Crippen molar-refractivity contribution in [3.05, 3.63) is 44.0 Å². The zero-order valence-electron chi connectivity index (χ0n) is 9.23. The molecule has 2 N–H and O–H groups in total. The molecule has 1 aromatic rings. The molecule has 0 heterocycles. The summed E-state index contributed by atoms with van der Waals surface area (Å²) in [5, 5.41) is 31.5. The Morgan fingerprint density at radius 2 is 1.63 bits per heavy atom. The van der Waals surface area contributed by atoms with E-state index in [0.29, 0.717) is 6.07 Å². The van der Waals surface area contributed by atoms with Gasteiger partial charge in [-0.1, -0.05) is 0 Å². The van der Waals surface area contributed by atoms with Crippen molar-refractivity contribution in [2.24, 2.45) is 0 Å². The average Bonchev–Trinajstić information content (AvgIpc) is 2.35. The van der Waals surface area contributed by atoms with Crippen molar-refractivity contribution < 1.29 is 26.0 Å². The number of amides is 1. The quantitative estimate of drug-likeness (QED) is 0.585. The van der Waals surface area contributed by atoms with Gasteiger partial charge in [-0.3, -0.25) is 29.8 Å². The largest absolute Gasteiger partial charge is 0.480 e. The molecule has 1 rings (SSSR count). The third-order valence-corrected chi connectivity index (χ3v) is 1.99. The summed E-state index contributed by atoms with van der Waals surface area (Å²) in [5.74, 6) is -2.26. The molecule has 102 valence electrons. The molecule has 1 amide bonds. The highest BCUT2D eigenvalue weighted by Crippen LogP contribution is 2.22. The molecule has 0 saturated heterocycles. The number of hydrogen-bond donors (Lipinski definition) is 2. The van der Waals surface area contributed by atoms with Crippen molar-refractivity contribution >= 4 is 23.3 Å². The van der Waals surface area contributed by atoms with Gasteiger partial charge in [0.25, 0.3) is 17.3 Å². The summed E-state index contributed by atoms with van der Waals surface area (Å²) in [4.78, 5) is 41.1. The van der Waals surface area contributed by atoms with Crippen LogP contribution in [0.25, 0.3) is 0 Å². The molecular weight excluding hydrogens is 262 g/mol. The third kappa shape index (κ3) is 3.73. The average molecular weight is 271 g/mol. The Bertz CT molecular complexity index is 542. The number of carbonyl (C=O) groups excluding carboxylic acids is 1. The third-order valence-electron chi connectivity index (χ3n) is 1.99. The van der Waals surface area contributed by atoms with E-state index in [4.69, 9.17) is 5.11 Å². The Morgan fingerprint density at radius 3 is 2.00 bits per heavy atom. The summed E-state index contributed by atoms with van der Waals surface area (Å²) in [5.41, 5.74) is -1.62. The van der Waals surface area contributed by atoms with E-state index in [0.717, 1.165) is 12.1 Å². The van der Waals surface area contributed by atoms with Gasteiger partial charge in [-0.25, -0.2) is 0 Å². The number of benzene rings is 1. The van der Waals surface area contributed by atoms with Crippen LogP contribution in [0, 0.1) is 20.2 Å². The predicted octanol–water partition coefficient (Wildman–Crippen LogP) is 0.563. The first-order valence-corrected chi connectivity index (χ1v) is 4.75. The highest BCUT2D eigenvalue weighted by atomic mass is 16.6. The molecule has 0 aliphatic heterocycles. The molecule has 19 heavy (non-hydrogen) atoms. The van der Waals surface area contributed by atoms with Gasteiger partial charge in [0, 0.05) is 13.6 Å². The Balaban J connectivity index is 0.00000361. The molecule has 0 atom stereocenters. The van der Waals surface area contributed by atoms with Crippen molar-refractivity contribution in [2.75, 3.05) is 6.54 Å². The second-order valence-electron chi connectivity index (χ2n) is 3.33. The molecule has 10 nitrogen and oxygen atoms in total. The molecule has 10 heteroatoms. The fourth-order valence-electron chi connectivity index (χ4n) is 1.20. The van der Waals surface area contributed by atoms with Gasteiger partial charge in [0.05, 0.1) is 21.5 Å². The van der Waals surface area contributed by atoms with Gasteiger partial charge in [-0.05, 0) is 0 Å². The van der Waals surface area contributed by atoms with E-state index >= 15 is 0 Å². The van der Waals surface area contributed by atoms with Crippen LogP contribution in [0.1, 0.15) is 11.8 Å². The maximum atomic E-state index is 11.5. The van der Waals surface area contributed by atoms with Crippen LogP contribution in [0.4, 0.5) is 11.4 Å². The van der Waals surface area contributed by atoms with E-state index in [2.05, 4.69) is 0 Å². The van der Waals surface area contributed by atoms with Gasteiger partial charge < -0.3 is 10.4 Å². The molecule has 0 fully saturated rings. The number of nitro groups is 2. The number of non-ortho nitro benzene ring substituents is 2. The Labute approximate surface area is 106 Å². The lowest BCUT2D eigenvalue weighted by Crippen LogP contribution is -2.29. The van der Waals surface area contributed by atoms with Crippen LogP contribution in [-0.4, -0.2) is 33.4 Å². The minimum atomic E-state index is -1.31. The van der Waals surface area contributed by atoms with Crippen LogP contribution in [0.5, 0.6) is 0 Å². The lowest BCUT2D eigenvalue weighted by molar-refractivity contribution is -0.394. The van der Waals surface area contributed by atoms with Crippen LogP contribution in [-0.2, 0) is 4.79 Å². The maximum Gasteiger partial charge on any atom is 0.322 e. The number of nitro benzene ring substituents is 2. The number of carboxylic acid groups (broad SMARTS) is 1. The summed E-state index contributed by atoms with van der Waals surface area (Å²) in [7, 11) is 0. The van der Waals surface area contributed by atoms with Crippen LogP contribution >= 0.6 is 0 Å². The second kappa shape index (κ2) is 5.53. The summed E-state index contributed by atoms with van der Waals surface area (Å²) in [6, 6.07) is 2.35. The number of carboxylic acids is 1. The zero-order valence-corrected chi connectivity index (χ0v) is 9.23. The summed E-state index contributed by atoms with van der Waals surface area (Å²) in [6.45, 7) is -0.699. The fraction of sp³-hybridized carbons (Fsp3) is 0.111. The number of aliphatic carboxylic acids is 1. The SMILES string of the molecule is O=C(O)CNC(=O)c1cc([N+](=O)[O-])cc([N+](=O)[O-])c1.[HH]. The minimum absolute atomic E-state index is 0. The van der Waals surface area contributed by atoms with Gasteiger partial charge in [0.1, 0.15) is 6.54 Å². The highest BCUT2D eigenvalue weighted by Gasteiger charge is 2.19. The van der Waals surface area contributed by atoms with Crippen molar-refractivity contribution in [3.63, 3.8) is 0 Å². The van der Waals surface area contributed by atoms with Gasteiger partial charge in [0.2, 0.25) is 0 Å². The second-order valence-corrected chi connectivity index (χ2v) is 3.33. The van der Waals surface area contributed by atoms with Crippen LogP contribution in [0.3, 0.4) is 0 Å². The summed E-state index contributed by atoms with van der Waals surface area (Å²) < 4.78 is 0. The number of rotatable bonds is 5. The monoisotopic (exact) mass is 271 g/mol. The first kappa shape index (κ1) is 14.0. The van der Waals surface area contributed by atoms with E-state index < -0.39 is 39.6 Å². The van der Waals surface area contributed by atoms with Crippen LogP contribution < -0.4 is 5.32 Å². The molecular formula is C9H9N3O7. The molecule has 1 aromatic carbocycles. The maximum absolute atomic E-state index is 11.5. The van der Waals surface area contributed by atoms with Crippen molar-refractivity contribution in [1.29, 1.82) is 0 Å². The van der Waals surface area contributed by atoms with Crippen LogP contribution in [0.2, 0.25) is 0 Å². The lowest BCUT2D eigenvalue weighted by Gasteiger charge is -2.02. The van der Waals surface area contributed by atoms with Crippen molar-refractivity contribution in [1.82, 2.24) is 5.32 Å². The summed E-state index contributed by atoms with van der Waals surface area (Å²) in [6.07, 6.45) is 0. The van der Waals surface area contributed by atoms with Crippen molar-refractivity contribution in [3.8, 4) is 0 Å². The molecule has 0 aromatic heterocycles. The van der Waals surface area contributed by atoms with Crippen LogP contribution in [0.15, 0.2) is 18.2 Å². The predicted molar refractivity (Wildman–Crippen MR) is 61.8 cm³/mol. The highest BCUT2D eigenvalue weighted by molar-refractivity contribution is 5.97. The minimum Gasteiger partial charge on any atom is -0.480 e. The zero-order chi connectivity index (χ0) is 14.6. The molecule has 0 radical (unpaired) electrons. The molecule has 0 aliphatic rings. The first-order chi connectivity index (χ1) is 8.81. The Kier molecular flexibility index (Phi) is 4.08. The number of hydrogen-bond acceptors (Lipinski definition) is 6. The fourth-order valence-corrected chi connectivity index (χ4v) is 1.20. The Morgan fingerprint density at radius 1 is 1.16 bits per heavy atom. The number of nitrogens with one attached hydrogen (secondary N) is 1. The molecule has 0 saturated carbocycles. The topological polar surface area (TPSA) is 153 Å². The normalized spacial score (nSPS) is 9.68. The van der Waals surface area contributed by atoms with Gasteiger partial charge in [0.15, 0.2) is 0 Å². The molecule has 0 aliphatic carbocycles. The molecule has 0 unspecified atom stereocenters. The number of carbonyl (C=O) groups is 2. The van der Waals surface area contributed by atoms with Gasteiger partial charge >= 0.3 is 5.97 Å². The van der Waals surface area contributed by atoms with E-state index in [9.17, 15) is 29.8 Å². The standard InChI is InChI=1S/C9H7N3O7.H2/c13-8(14)4-10-9(15)5-1-6(11(16)17)3-7(2-5)12(18)19;/h1-3H,4H2,(H,10,15)(H,13,14);1H. The molecule has 0 spiro atoms. The smallest absolute Gasteiger partial charge is 0.322 e. The Hall–Kier alpha value is -3.04. The van der Waals surface area contributed by atoms with E-state index in [1.807, 2.05) is 5.32 Å². The number of nitrogens with zero attached hydrogens (tertiary/aromatic N) is 2. The van der Waals surface area contributed by atoms with Crippen molar-refractivity contribution in [2.45, 2.75) is 0 Å². The van der Waals surface area contributed by atoms with Gasteiger partial charge in [-0.2, -0.15) is 0 Å². The lowest BCUT2D eigenvalue weighted by atomic mass is 10.1. The van der Waals surface area contributed by atoms with E-state index in [-0.39, 0.29) is 6.99 Å². The van der Waals surface area contributed by atoms with E-state index in [1.165, 1.54) is 0 Å².